The quantitative estimate of drug-likeness (QED) is 0.689. The fraction of sp³-hybridized carbons (Fsp3) is 0.556. The first-order valence-electron chi connectivity index (χ1n) is 4.71. The highest BCUT2D eigenvalue weighted by molar-refractivity contribution is 5.32. The molecule has 6 nitrogen and oxygen atoms in total. The van der Waals surface area contributed by atoms with E-state index in [-0.39, 0.29) is 13.2 Å². The third kappa shape index (κ3) is 4.09. The van der Waals surface area contributed by atoms with Crippen LogP contribution in [0.3, 0.4) is 0 Å². The molecule has 6 heteroatoms. The summed E-state index contributed by atoms with van der Waals surface area (Å²) in [6.07, 6.45) is 0. The minimum absolute atomic E-state index is 0.0648. The third-order valence-corrected chi connectivity index (χ3v) is 1.55. The lowest BCUT2D eigenvalue weighted by Gasteiger charge is -2.06. The van der Waals surface area contributed by atoms with Crippen LogP contribution in [0.15, 0.2) is 6.07 Å². The van der Waals surface area contributed by atoms with Gasteiger partial charge in [0, 0.05) is 12.7 Å². The molecular weight excluding hydrogens is 198 g/mol. The zero-order chi connectivity index (χ0) is 11.1. The number of hydrogen-bond acceptors (Lipinski definition) is 6. The molecule has 0 aliphatic heterocycles. The molecule has 0 atom stereocenters. The fourth-order valence-corrected chi connectivity index (χ4v) is 0.974. The Morgan fingerprint density at radius 1 is 1.47 bits per heavy atom. The molecule has 0 fully saturated rings. The highest BCUT2D eigenvalue weighted by atomic mass is 16.5. The molecule has 1 aromatic heterocycles. The SMILES string of the molecule is CCOCc1nc(N)cc(OCCO)n1. The van der Waals surface area contributed by atoms with Crippen molar-refractivity contribution in [2.75, 3.05) is 25.6 Å². The zero-order valence-corrected chi connectivity index (χ0v) is 8.64. The molecular formula is C9H15N3O3. The standard InChI is InChI=1S/C9H15N3O3/c1-2-14-6-8-11-7(10)5-9(12-8)15-4-3-13/h5,13H,2-4,6H2,1H3,(H2,10,11,12). The molecule has 1 aromatic rings. The third-order valence-electron chi connectivity index (χ3n) is 1.55. The van der Waals surface area contributed by atoms with Crippen molar-refractivity contribution >= 4 is 5.82 Å². The molecule has 15 heavy (non-hydrogen) atoms. The number of aliphatic hydroxyl groups excluding tert-OH is 1. The van der Waals surface area contributed by atoms with Gasteiger partial charge in [0.25, 0.3) is 0 Å². The predicted molar refractivity (Wildman–Crippen MR) is 54.4 cm³/mol. The van der Waals surface area contributed by atoms with Crippen LogP contribution in [-0.2, 0) is 11.3 Å². The van der Waals surface area contributed by atoms with Crippen molar-refractivity contribution in [3.05, 3.63) is 11.9 Å². The van der Waals surface area contributed by atoms with Gasteiger partial charge in [-0.25, -0.2) is 4.98 Å². The van der Waals surface area contributed by atoms with Crippen molar-refractivity contribution in [3.63, 3.8) is 0 Å². The summed E-state index contributed by atoms with van der Waals surface area (Å²) in [4.78, 5) is 8.04. The van der Waals surface area contributed by atoms with Crippen LogP contribution < -0.4 is 10.5 Å². The molecule has 0 aromatic carbocycles. The molecule has 0 saturated heterocycles. The Morgan fingerprint density at radius 2 is 2.27 bits per heavy atom. The van der Waals surface area contributed by atoms with Gasteiger partial charge in [-0.05, 0) is 6.92 Å². The predicted octanol–water partition coefficient (Wildman–Crippen LogP) is -0.0336. The van der Waals surface area contributed by atoms with Gasteiger partial charge in [-0.3, -0.25) is 0 Å². The van der Waals surface area contributed by atoms with E-state index in [1.807, 2.05) is 6.92 Å². The lowest BCUT2D eigenvalue weighted by molar-refractivity contribution is 0.127. The summed E-state index contributed by atoms with van der Waals surface area (Å²) >= 11 is 0. The first kappa shape index (κ1) is 11.7. The van der Waals surface area contributed by atoms with Crippen molar-refractivity contribution in [3.8, 4) is 5.88 Å². The second kappa shape index (κ2) is 6.15. The molecule has 0 saturated carbocycles. The van der Waals surface area contributed by atoms with Crippen LogP contribution in [0.4, 0.5) is 5.82 Å². The van der Waals surface area contributed by atoms with Crippen molar-refractivity contribution in [2.45, 2.75) is 13.5 Å². The van der Waals surface area contributed by atoms with E-state index in [1.54, 1.807) is 0 Å². The summed E-state index contributed by atoms with van der Waals surface area (Å²) < 4.78 is 10.3. The van der Waals surface area contributed by atoms with E-state index in [0.29, 0.717) is 30.7 Å². The molecule has 0 aliphatic rings. The van der Waals surface area contributed by atoms with Gasteiger partial charge in [0.15, 0.2) is 5.82 Å². The Kier molecular flexibility index (Phi) is 4.79. The van der Waals surface area contributed by atoms with Crippen LogP contribution in [0.2, 0.25) is 0 Å². The molecule has 0 amide bonds. The van der Waals surface area contributed by atoms with Gasteiger partial charge in [-0.2, -0.15) is 4.98 Å². The van der Waals surface area contributed by atoms with Gasteiger partial charge >= 0.3 is 0 Å². The summed E-state index contributed by atoms with van der Waals surface area (Å²) in [6.45, 7) is 2.90. The number of nitrogens with zero attached hydrogens (tertiary/aromatic N) is 2. The molecule has 0 unspecified atom stereocenters. The molecule has 1 rings (SSSR count). The maximum absolute atomic E-state index is 8.58. The summed E-state index contributed by atoms with van der Waals surface area (Å²) in [5.41, 5.74) is 5.55. The van der Waals surface area contributed by atoms with E-state index in [1.165, 1.54) is 6.07 Å². The number of ether oxygens (including phenoxy) is 2. The second-order valence-corrected chi connectivity index (χ2v) is 2.76. The van der Waals surface area contributed by atoms with Crippen molar-refractivity contribution < 1.29 is 14.6 Å². The maximum Gasteiger partial charge on any atom is 0.218 e. The van der Waals surface area contributed by atoms with Crippen LogP contribution in [0, 0.1) is 0 Å². The lowest BCUT2D eigenvalue weighted by atomic mass is 10.5. The van der Waals surface area contributed by atoms with Gasteiger partial charge in [-0.15, -0.1) is 0 Å². The van der Waals surface area contributed by atoms with Crippen LogP contribution in [0.1, 0.15) is 12.7 Å². The summed E-state index contributed by atoms with van der Waals surface area (Å²) in [7, 11) is 0. The number of aromatic nitrogens is 2. The summed E-state index contributed by atoms with van der Waals surface area (Å²) in [5, 5.41) is 8.58. The largest absolute Gasteiger partial charge is 0.475 e. The Hall–Kier alpha value is -1.40. The smallest absolute Gasteiger partial charge is 0.218 e. The topological polar surface area (TPSA) is 90.5 Å². The van der Waals surface area contributed by atoms with E-state index in [4.69, 9.17) is 20.3 Å². The molecule has 0 spiro atoms. The van der Waals surface area contributed by atoms with Gasteiger partial charge < -0.3 is 20.3 Å². The minimum Gasteiger partial charge on any atom is -0.475 e. The number of hydrogen-bond donors (Lipinski definition) is 2. The summed E-state index contributed by atoms with van der Waals surface area (Å²) in [5.74, 6) is 1.16. The number of nitrogens with two attached hydrogens (primary N) is 1. The van der Waals surface area contributed by atoms with Gasteiger partial charge in [0.2, 0.25) is 5.88 Å². The Labute approximate surface area is 88.1 Å². The average Bonchev–Trinajstić information content (AvgIpc) is 2.23. The number of aliphatic hydroxyl groups is 1. The first-order valence-corrected chi connectivity index (χ1v) is 4.71. The highest BCUT2D eigenvalue weighted by Crippen LogP contribution is 2.11. The Morgan fingerprint density at radius 3 is 2.93 bits per heavy atom. The van der Waals surface area contributed by atoms with Crippen LogP contribution >= 0.6 is 0 Å². The maximum atomic E-state index is 8.58. The molecule has 0 bridgehead atoms. The van der Waals surface area contributed by atoms with Gasteiger partial charge in [-0.1, -0.05) is 0 Å². The van der Waals surface area contributed by atoms with E-state index >= 15 is 0 Å². The van der Waals surface area contributed by atoms with Crippen LogP contribution in [0.25, 0.3) is 0 Å². The van der Waals surface area contributed by atoms with Crippen LogP contribution in [0.5, 0.6) is 5.88 Å². The van der Waals surface area contributed by atoms with Crippen molar-refractivity contribution in [2.24, 2.45) is 0 Å². The number of nitrogen functional groups attached to an aromatic ring is 1. The average molecular weight is 213 g/mol. The van der Waals surface area contributed by atoms with E-state index < -0.39 is 0 Å². The minimum atomic E-state index is -0.0648. The Balaban J connectivity index is 2.66. The normalized spacial score (nSPS) is 10.3. The van der Waals surface area contributed by atoms with E-state index in [0.717, 1.165) is 0 Å². The number of rotatable bonds is 6. The number of anilines is 1. The van der Waals surface area contributed by atoms with E-state index in [9.17, 15) is 0 Å². The molecule has 0 radical (unpaired) electrons. The first-order chi connectivity index (χ1) is 7.26. The highest BCUT2D eigenvalue weighted by Gasteiger charge is 2.03. The van der Waals surface area contributed by atoms with Crippen LogP contribution in [-0.4, -0.2) is 34.9 Å². The van der Waals surface area contributed by atoms with Crippen molar-refractivity contribution in [1.29, 1.82) is 0 Å². The lowest BCUT2D eigenvalue weighted by Crippen LogP contribution is -2.07. The molecule has 3 N–H and O–H groups in total. The second-order valence-electron chi connectivity index (χ2n) is 2.76. The Bertz CT molecular complexity index is 280. The van der Waals surface area contributed by atoms with E-state index in [2.05, 4.69) is 9.97 Å². The molecule has 0 aliphatic carbocycles. The van der Waals surface area contributed by atoms with Crippen molar-refractivity contribution in [1.82, 2.24) is 9.97 Å². The monoisotopic (exact) mass is 213 g/mol. The molecule has 1 heterocycles. The van der Waals surface area contributed by atoms with Gasteiger partial charge in [0.1, 0.15) is 19.0 Å². The zero-order valence-electron chi connectivity index (χ0n) is 8.64. The molecule has 84 valence electrons. The summed E-state index contributed by atoms with van der Waals surface area (Å²) in [6, 6.07) is 1.51. The van der Waals surface area contributed by atoms with Gasteiger partial charge in [0.05, 0.1) is 6.61 Å². The fourth-order valence-electron chi connectivity index (χ4n) is 0.974.